The van der Waals surface area contributed by atoms with Crippen molar-refractivity contribution in [1.29, 1.82) is 0 Å². The SMILES string of the molecule is CCCC1c2ccc(O)cc2C(CCC)c2cc(O)ccc21. The summed E-state index contributed by atoms with van der Waals surface area (Å²) in [6.07, 6.45) is 4.32. The summed E-state index contributed by atoms with van der Waals surface area (Å²) in [6.45, 7) is 4.39. The average Bonchev–Trinajstić information content (AvgIpc) is 2.50. The standard InChI is InChI=1S/C20H24O2/c1-3-5-15-17-9-7-13(21)11-19(17)16(6-4-2)20-12-14(22)8-10-18(15)20/h7-12,15-16,21-22H,3-6H2,1-2H3. The van der Waals surface area contributed by atoms with E-state index in [0.29, 0.717) is 17.4 Å². The summed E-state index contributed by atoms with van der Waals surface area (Å²) < 4.78 is 0. The Morgan fingerprint density at radius 1 is 0.682 bits per heavy atom. The van der Waals surface area contributed by atoms with Crippen LogP contribution in [0.4, 0.5) is 0 Å². The number of phenols is 2. The second kappa shape index (κ2) is 6.04. The van der Waals surface area contributed by atoms with E-state index in [1.165, 1.54) is 22.3 Å². The Hall–Kier alpha value is -1.96. The van der Waals surface area contributed by atoms with Crippen molar-refractivity contribution in [2.75, 3.05) is 0 Å². The molecule has 2 nitrogen and oxygen atoms in total. The maximum atomic E-state index is 9.94. The molecule has 0 spiro atoms. The van der Waals surface area contributed by atoms with E-state index in [0.717, 1.165) is 25.7 Å². The first-order valence-corrected chi connectivity index (χ1v) is 8.31. The van der Waals surface area contributed by atoms with Gasteiger partial charge in [-0.1, -0.05) is 38.8 Å². The molecule has 0 saturated carbocycles. The normalized spacial score (nSPS) is 19.5. The van der Waals surface area contributed by atoms with Crippen LogP contribution in [0.3, 0.4) is 0 Å². The molecule has 0 saturated heterocycles. The molecule has 0 amide bonds. The van der Waals surface area contributed by atoms with Crippen LogP contribution in [0, 0.1) is 0 Å². The summed E-state index contributed by atoms with van der Waals surface area (Å²) in [5, 5.41) is 19.9. The number of hydrogen-bond acceptors (Lipinski definition) is 2. The van der Waals surface area contributed by atoms with Crippen LogP contribution in [-0.4, -0.2) is 10.2 Å². The summed E-state index contributed by atoms with van der Waals surface area (Å²) in [6, 6.07) is 11.6. The van der Waals surface area contributed by atoms with Crippen molar-refractivity contribution in [3.8, 4) is 11.5 Å². The van der Waals surface area contributed by atoms with E-state index in [2.05, 4.69) is 26.0 Å². The van der Waals surface area contributed by atoms with E-state index in [1.807, 2.05) is 12.1 Å². The topological polar surface area (TPSA) is 40.5 Å². The second-order valence-corrected chi connectivity index (χ2v) is 6.31. The van der Waals surface area contributed by atoms with E-state index in [9.17, 15) is 10.2 Å². The molecule has 0 atom stereocenters. The van der Waals surface area contributed by atoms with Crippen molar-refractivity contribution in [2.45, 2.75) is 51.4 Å². The molecule has 1 aliphatic carbocycles. The summed E-state index contributed by atoms with van der Waals surface area (Å²) in [5.74, 6) is 1.30. The van der Waals surface area contributed by atoms with E-state index in [1.54, 1.807) is 12.1 Å². The molecule has 0 aromatic heterocycles. The molecule has 0 fully saturated rings. The highest BCUT2D eigenvalue weighted by Gasteiger charge is 2.31. The molecule has 0 heterocycles. The van der Waals surface area contributed by atoms with Gasteiger partial charge in [0.1, 0.15) is 11.5 Å². The van der Waals surface area contributed by atoms with Gasteiger partial charge in [0.25, 0.3) is 0 Å². The Bertz CT molecular complexity index is 622. The number of aromatic hydroxyl groups is 2. The zero-order chi connectivity index (χ0) is 15.7. The minimum Gasteiger partial charge on any atom is -0.508 e. The van der Waals surface area contributed by atoms with Gasteiger partial charge >= 0.3 is 0 Å². The van der Waals surface area contributed by atoms with Crippen LogP contribution < -0.4 is 0 Å². The first-order valence-electron chi connectivity index (χ1n) is 8.31. The third-order valence-electron chi connectivity index (χ3n) is 4.80. The van der Waals surface area contributed by atoms with Crippen molar-refractivity contribution < 1.29 is 10.2 Å². The molecule has 1 aliphatic rings. The van der Waals surface area contributed by atoms with E-state index >= 15 is 0 Å². The predicted octanol–water partition coefficient (Wildman–Crippen LogP) is 5.28. The molecule has 0 unspecified atom stereocenters. The fourth-order valence-electron chi connectivity index (χ4n) is 3.90. The van der Waals surface area contributed by atoms with Crippen LogP contribution in [-0.2, 0) is 0 Å². The summed E-state index contributed by atoms with van der Waals surface area (Å²) in [5.41, 5.74) is 5.16. The molecular weight excluding hydrogens is 272 g/mol. The molecule has 0 radical (unpaired) electrons. The van der Waals surface area contributed by atoms with E-state index in [4.69, 9.17) is 0 Å². The zero-order valence-corrected chi connectivity index (χ0v) is 13.3. The zero-order valence-electron chi connectivity index (χ0n) is 13.3. The summed E-state index contributed by atoms with van der Waals surface area (Å²) in [4.78, 5) is 0. The van der Waals surface area contributed by atoms with Crippen LogP contribution in [0.5, 0.6) is 11.5 Å². The first-order chi connectivity index (χ1) is 10.7. The van der Waals surface area contributed by atoms with Gasteiger partial charge in [-0.2, -0.15) is 0 Å². The van der Waals surface area contributed by atoms with Gasteiger partial charge in [-0.25, -0.2) is 0 Å². The van der Waals surface area contributed by atoms with Crippen LogP contribution in [0.1, 0.15) is 73.6 Å². The second-order valence-electron chi connectivity index (χ2n) is 6.31. The van der Waals surface area contributed by atoms with Crippen LogP contribution >= 0.6 is 0 Å². The molecule has 2 aromatic carbocycles. The van der Waals surface area contributed by atoms with Gasteiger partial charge in [-0.15, -0.1) is 0 Å². The van der Waals surface area contributed by atoms with Crippen LogP contribution in [0.2, 0.25) is 0 Å². The van der Waals surface area contributed by atoms with Crippen molar-refractivity contribution in [1.82, 2.24) is 0 Å². The lowest BCUT2D eigenvalue weighted by Crippen LogP contribution is -2.18. The smallest absolute Gasteiger partial charge is 0.115 e. The van der Waals surface area contributed by atoms with Gasteiger partial charge in [0.15, 0.2) is 0 Å². The van der Waals surface area contributed by atoms with Crippen molar-refractivity contribution >= 4 is 0 Å². The third kappa shape index (κ3) is 2.47. The molecule has 0 bridgehead atoms. The Morgan fingerprint density at radius 3 is 1.50 bits per heavy atom. The van der Waals surface area contributed by atoms with Crippen molar-refractivity contribution in [3.63, 3.8) is 0 Å². The summed E-state index contributed by atoms with van der Waals surface area (Å²) >= 11 is 0. The average molecular weight is 296 g/mol. The van der Waals surface area contributed by atoms with Crippen molar-refractivity contribution in [3.05, 3.63) is 58.7 Å². The number of rotatable bonds is 4. The number of fused-ring (bicyclic) bond motifs is 2. The van der Waals surface area contributed by atoms with E-state index in [-0.39, 0.29) is 5.92 Å². The molecule has 116 valence electrons. The lowest BCUT2D eigenvalue weighted by Gasteiger charge is -2.34. The molecular formula is C20H24O2. The predicted molar refractivity (Wildman–Crippen MR) is 89.7 cm³/mol. The molecule has 2 heteroatoms. The maximum absolute atomic E-state index is 9.94. The van der Waals surface area contributed by atoms with Gasteiger partial charge in [-0.3, -0.25) is 0 Å². The largest absolute Gasteiger partial charge is 0.508 e. The highest BCUT2D eigenvalue weighted by Crippen LogP contribution is 2.48. The fraction of sp³-hybridized carbons (Fsp3) is 0.400. The van der Waals surface area contributed by atoms with Gasteiger partial charge in [-0.05, 0) is 59.4 Å². The fourth-order valence-corrected chi connectivity index (χ4v) is 3.90. The Morgan fingerprint density at radius 2 is 1.09 bits per heavy atom. The molecule has 0 aliphatic heterocycles. The van der Waals surface area contributed by atoms with Gasteiger partial charge in [0.2, 0.25) is 0 Å². The first kappa shape index (κ1) is 15.0. The minimum absolute atomic E-state index is 0.266. The highest BCUT2D eigenvalue weighted by molar-refractivity contribution is 5.55. The van der Waals surface area contributed by atoms with Crippen LogP contribution in [0.25, 0.3) is 0 Å². The Balaban J connectivity index is 2.21. The number of benzene rings is 2. The summed E-state index contributed by atoms with van der Waals surface area (Å²) in [7, 11) is 0. The Kier molecular flexibility index (Phi) is 4.10. The highest BCUT2D eigenvalue weighted by atomic mass is 16.3. The van der Waals surface area contributed by atoms with Gasteiger partial charge in [0.05, 0.1) is 0 Å². The molecule has 2 aromatic rings. The van der Waals surface area contributed by atoms with Gasteiger partial charge in [0, 0.05) is 11.8 Å². The lowest BCUT2D eigenvalue weighted by molar-refractivity contribution is 0.469. The van der Waals surface area contributed by atoms with E-state index < -0.39 is 0 Å². The number of phenolic OH excluding ortho intramolecular Hbond substituents is 2. The third-order valence-corrected chi connectivity index (χ3v) is 4.80. The number of hydrogen-bond donors (Lipinski definition) is 2. The monoisotopic (exact) mass is 296 g/mol. The quantitative estimate of drug-likeness (QED) is 0.806. The maximum Gasteiger partial charge on any atom is 0.115 e. The minimum atomic E-state index is 0.266. The van der Waals surface area contributed by atoms with Gasteiger partial charge < -0.3 is 10.2 Å². The van der Waals surface area contributed by atoms with Crippen LogP contribution in [0.15, 0.2) is 36.4 Å². The molecule has 3 rings (SSSR count). The van der Waals surface area contributed by atoms with Crippen molar-refractivity contribution in [2.24, 2.45) is 0 Å². The lowest BCUT2D eigenvalue weighted by atomic mass is 9.70. The molecule has 2 N–H and O–H groups in total. The molecule has 22 heavy (non-hydrogen) atoms. The Labute approximate surface area is 132 Å².